The first-order valence-electron chi connectivity index (χ1n) is 5.37. The van der Waals surface area contributed by atoms with E-state index in [-0.39, 0.29) is 13.2 Å². The average Bonchev–Trinajstić information content (AvgIpc) is 2.34. The summed E-state index contributed by atoms with van der Waals surface area (Å²) in [5.41, 5.74) is 0. The third-order valence-corrected chi connectivity index (χ3v) is 2.01. The Morgan fingerprint density at radius 1 is 1.44 bits per heavy atom. The van der Waals surface area contributed by atoms with Crippen LogP contribution in [0.1, 0.15) is 13.3 Å². The van der Waals surface area contributed by atoms with E-state index >= 15 is 0 Å². The Hall–Kier alpha value is -1.33. The standard InChI is InChI=1S/C11H18N2O3/c1-2-6-16-10-4-3-5-12-11(10)13-9(7-14)8-15/h3-5,9,14-15H,2,6-8H2,1H3,(H,12,13). The highest BCUT2D eigenvalue weighted by Gasteiger charge is 2.10. The number of aliphatic hydroxyl groups is 2. The van der Waals surface area contributed by atoms with Crippen LogP contribution in [0.15, 0.2) is 18.3 Å². The largest absolute Gasteiger partial charge is 0.490 e. The van der Waals surface area contributed by atoms with Crippen molar-refractivity contribution in [3.8, 4) is 5.75 Å². The lowest BCUT2D eigenvalue weighted by Crippen LogP contribution is -2.28. The summed E-state index contributed by atoms with van der Waals surface area (Å²) in [6.07, 6.45) is 2.55. The van der Waals surface area contributed by atoms with Gasteiger partial charge >= 0.3 is 0 Å². The predicted molar refractivity (Wildman–Crippen MR) is 61.6 cm³/mol. The Morgan fingerprint density at radius 3 is 2.81 bits per heavy atom. The van der Waals surface area contributed by atoms with Gasteiger partial charge in [0.05, 0.1) is 25.9 Å². The molecule has 0 atom stereocenters. The molecule has 0 aliphatic carbocycles. The highest BCUT2D eigenvalue weighted by Crippen LogP contribution is 2.21. The zero-order valence-electron chi connectivity index (χ0n) is 9.39. The molecule has 1 aromatic rings. The molecule has 0 spiro atoms. The monoisotopic (exact) mass is 226 g/mol. The molecular formula is C11H18N2O3. The fourth-order valence-corrected chi connectivity index (χ4v) is 1.17. The van der Waals surface area contributed by atoms with Gasteiger partial charge in [0.1, 0.15) is 0 Å². The first-order chi connectivity index (χ1) is 7.81. The number of nitrogens with zero attached hydrogens (tertiary/aromatic N) is 1. The Kier molecular flexibility index (Phi) is 5.60. The Morgan fingerprint density at radius 2 is 2.19 bits per heavy atom. The molecule has 16 heavy (non-hydrogen) atoms. The van der Waals surface area contributed by atoms with Crippen LogP contribution in [0.2, 0.25) is 0 Å². The van der Waals surface area contributed by atoms with Crippen LogP contribution in [-0.2, 0) is 0 Å². The zero-order valence-corrected chi connectivity index (χ0v) is 9.39. The van der Waals surface area contributed by atoms with Crippen molar-refractivity contribution in [1.29, 1.82) is 0 Å². The molecule has 0 bridgehead atoms. The molecule has 5 heteroatoms. The lowest BCUT2D eigenvalue weighted by atomic mass is 10.3. The summed E-state index contributed by atoms with van der Waals surface area (Å²) in [4.78, 5) is 4.11. The Labute approximate surface area is 95.1 Å². The van der Waals surface area contributed by atoms with Crippen molar-refractivity contribution < 1.29 is 14.9 Å². The van der Waals surface area contributed by atoms with Gasteiger partial charge in [-0.25, -0.2) is 4.98 Å². The molecule has 0 aliphatic rings. The van der Waals surface area contributed by atoms with Gasteiger partial charge in [0.2, 0.25) is 0 Å². The molecule has 0 amide bonds. The minimum Gasteiger partial charge on any atom is -0.490 e. The molecule has 0 unspecified atom stereocenters. The van der Waals surface area contributed by atoms with E-state index in [2.05, 4.69) is 10.3 Å². The molecule has 3 N–H and O–H groups in total. The Bertz CT molecular complexity index is 303. The quantitative estimate of drug-likeness (QED) is 0.636. The van der Waals surface area contributed by atoms with Gasteiger partial charge in [-0.15, -0.1) is 0 Å². The summed E-state index contributed by atoms with van der Waals surface area (Å²) in [6, 6.07) is 3.17. The zero-order chi connectivity index (χ0) is 11.8. The molecule has 0 radical (unpaired) electrons. The molecule has 1 aromatic heterocycles. The smallest absolute Gasteiger partial charge is 0.169 e. The molecule has 0 saturated carbocycles. The number of hydrogen-bond acceptors (Lipinski definition) is 5. The number of aromatic nitrogens is 1. The summed E-state index contributed by atoms with van der Waals surface area (Å²) >= 11 is 0. The minimum atomic E-state index is -0.418. The number of hydrogen-bond donors (Lipinski definition) is 3. The van der Waals surface area contributed by atoms with Gasteiger partial charge in [0.15, 0.2) is 11.6 Å². The lowest BCUT2D eigenvalue weighted by Gasteiger charge is -2.16. The summed E-state index contributed by atoms with van der Waals surface area (Å²) in [5.74, 6) is 1.18. The summed E-state index contributed by atoms with van der Waals surface area (Å²) in [6.45, 7) is 2.33. The first kappa shape index (κ1) is 12.7. The van der Waals surface area contributed by atoms with E-state index in [1.54, 1.807) is 18.3 Å². The van der Waals surface area contributed by atoms with E-state index in [4.69, 9.17) is 14.9 Å². The fraction of sp³-hybridized carbons (Fsp3) is 0.545. The normalized spacial score (nSPS) is 10.5. The van der Waals surface area contributed by atoms with E-state index in [0.717, 1.165) is 6.42 Å². The second-order valence-corrected chi connectivity index (χ2v) is 3.41. The molecule has 0 fully saturated rings. The van der Waals surface area contributed by atoms with Crippen LogP contribution in [0.25, 0.3) is 0 Å². The highest BCUT2D eigenvalue weighted by molar-refractivity contribution is 5.50. The predicted octanol–water partition coefficient (Wildman–Crippen LogP) is 0.635. The van der Waals surface area contributed by atoms with Crippen molar-refractivity contribution in [2.75, 3.05) is 25.1 Å². The van der Waals surface area contributed by atoms with Crippen molar-refractivity contribution in [2.24, 2.45) is 0 Å². The molecule has 5 nitrogen and oxygen atoms in total. The second-order valence-electron chi connectivity index (χ2n) is 3.41. The summed E-state index contributed by atoms with van der Waals surface area (Å²) in [5, 5.41) is 20.8. The van der Waals surface area contributed by atoms with Gasteiger partial charge in [-0.2, -0.15) is 0 Å². The molecule has 90 valence electrons. The van der Waals surface area contributed by atoms with Crippen LogP contribution in [0.4, 0.5) is 5.82 Å². The van der Waals surface area contributed by atoms with Gasteiger partial charge in [0.25, 0.3) is 0 Å². The number of rotatable bonds is 7. The maximum Gasteiger partial charge on any atom is 0.169 e. The van der Waals surface area contributed by atoms with E-state index < -0.39 is 6.04 Å². The van der Waals surface area contributed by atoms with Gasteiger partial charge < -0.3 is 20.3 Å². The third kappa shape index (κ3) is 3.67. The molecule has 1 rings (SSSR count). The van der Waals surface area contributed by atoms with Crippen molar-refractivity contribution in [3.63, 3.8) is 0 Å². The van der Waals surface area contributed by atoms with Crippen LogP contribution in [0.5, 0.6) is 5.75 Å². The van der Waals surface area contributed by atoms with Crippen molar-refractivity contribution in [2.45, 2.75) is 19.4 Å². The minimum absolute atomic E-state index is 0.152. The maximum absolute atomic E-state index is 8.96. The van der Waals surface area contributed by atoms with Crippen LogP contribution in [0, 0.1) is 0 Å². The van der Waals surface area contributed by atoms with E-state index in [1.807, 2.05) is 6.92 Å². The molecule has 0 aromatic carbocycles. The number of ether oxygens (including phenoxy) is 1. The highest BCUT2D eigenvalue weighted by atomic mass is 16.5. The van der Waals surface area contributed by atoms with Crippen LogP contribution >= 0.6 is 0 Å². The van der Waals surface area contributed by atoms with E-state index in [0.29, 0.717) is 18.2 Å². The SMILES string of the molecule is CCCOc1cccnc1NC(CO)CO. The second kappa shape index (κ2) is 7.03. The van der Waals surface area contributed by atoms with Crippen molar-refractivity contribution in [1.82, 2.24) is 4.98 Å². The summed E-state index contributed by atoms with van der Waals surface area (Å²) in [7, 11) is 0. The van der Waals surface area contributed by atoms with Crippen molar-refractivity contribution >= 4 is 5.82 Å². The molecule has 1 heterocycles. The van der Waals surface area contributed by atoms with E-state index in [1.165, 1.54) is 0 Å². The maximum atomic E-state index is 8.96. The third-order valence-electron chi connectivity index (χ3n) is 2.01. The van der Waals surface area contributed by atoms with Crippen LogP contribution < -0.4 is 10.1 Å². The van der Waals surface area contributed by atoms with Gasteiger partial charge in [-0.05, 0) is 18.6 Å². The van der Waals surface area contributed by atoms with Gasteiger partial charge in [-0.1, -0.05) is 6.92 Å². The summed E-state index contributed by atoms with van der Waals surface area (Å²) < 4.78 is 5.49. The van der Waals surface area contributed by atoms with E-state index in [9.17, 15) is 0 Å². The molecule has 0 aliphatic heterocycles. The van der Waals surface area contributed by atoms with Crippen LogP contribution in [0.3, 0.4) is 0 Å². The average molecular weight is 226 g/mol. The van der Waals surface area contributed by atoms with Crippen LogP contribution in [-0.4, -0.2) is 41.1 Å². The number of nitrogens with one attached hydrogen (secondary N) is 1. The number of anilines is 1. The number of pyridine rings is 1. The topological polar surface area (TPSA) is 74.6 Å². The lowest BCUT2D eigenvalue weighted by molar-refractivity contribution is 0.203. The molecular weight excluding hydrogens is 208 g/mol. The fourth-order valence-electron chi connectivity index (χ4n) is 1.17. The van der Waals surface area contributed by atoms with Crippen molar-refractivity contribution in [3.05, 3.63) is 18.3 Å². The Balaban J connectivity index is 2.69. The van der Waals surface area contributed by atoms with Gasteiger partial charge in [0, 0.05) is 6.20 Å². The molecule has 0 saturated heterocycles. The number of aliphatic hydroxyl groups excluding tert-OH is 2. The van der Waals surface area contributed by atoms with Gasteiger partial charge in [-0.3, -0.25) is 0 Å². The first-order valence-corrected chi connectivity index (χ1v) is 5.37.